The number of halogens is 1. The van der Waals surface area contributed by atoms with Gasteiger partial charge in [-0.05, 0) is 37.0 Å². The minimum Gasteiger partial charge on any atom is -0.478 e. The van der Waals surface area contributed by atoms with Crippen molar-refractivity contribution in [2.45, 2.75) is 24.8 Å². The van der Waals surface area contributed by atoms with Crippen molar-refractivity contribution in [2.24, 2.45) is 5.73 Å². The Labute approximate surface area is 180 Å². The van der Waals surface area contributed by atoms with E-state index in [9.17, 15) is 9.90 Å². The van der Waals surface area contributed by atoms with E-state index in [-0.39, 0.29) is 23.5 Å². The summed E-state index contributed by atoms with van der Waals surface area (Å²) in [5.41, 5.74) is 12.0. The van der Waals surface area contributed by atoms with Gasteiger partial charge in [-0.3, -0.25) is 4.40 Å². The standard InChI is InChI=1S/C24H21N3O2.ClH/c25-24(13-4-14-24)19-10-7-16(8-11-19)21-22(17-5-2-1-3-6-17)27-15-18(23(28)29)9-12-20(27)26-21;/h1-3,5-12,15H,4,13-14,25H2,(H,28,29);1H. The third-order valence-electron chi connectivity index (χ3n) is 5.89. The molecule has 2 aromatic carbocycles. The quantitative estimate of drug-likeness (QED) is 0.480. The minimum atomic E-state index is -0.959. The van der Waals surface area contributed by atoms with Gasteiger partial charge in [0.1, 0.15) is 5.65 Å². The van der Waals surface area contributed by atoms with Crippen LogP contribution < -0.4 is 5.73 Å². The monoisotopic (exact) mass is 419 g/mol. The fourth-order valence-corrected chi connectivity index (χ4v) is 4.05. The van der Waals surface area contributed by atoms with Crippen molar-refractivity contribution in [1.82, 2.24) is 9.38 Å². The lowest BCUT2D eigenvalue weighted by Crippen LogP contribution is -2.43. The van der Waals surface area contributed by atoms with E-state index in [0.29, 0.717) is 5.65 Å². The van der Waals surface area contributed by atoms with Crippen molar-refractivity contribution in [3.8, 4) is 22.5 Å². The second-order valence-corrected chi connectivity index (χ2v) is 7.71. The van der Waals surface area contributed by atoms with Crippen molar-refractivity contribution < 1.29 is 9.90 Å². The SMILES string of the molecule is Cl.NC1(c2ccc(-c3nc4ccc(C(=O)O)cn4c3-c3ccccc3)cc2)CCC1. The summed E-state index contributed by atoms with van der Waals surface area (Å²) in [7, 11) is 0. The number of aromatic nitrogens is 2. The molecule has 4 aromatic rings. The van der Waals surface area contributed by atoms with Crippen molar-refractivity contribution in [2.75, 3.05) is 0 Å². The van der Waals surface area contributed by atoms with Crippen molar-refractivity contribution in [3.63, 3.8) is 0 Å². The second kappa shape index (κ2) is 7.59. The Hall–Kier alpha value is -3.15. The predicted molar refractivity (Wildman–Crippen MR) is 120 cm³/mol. The van der Waals surface area contributed by atoms with E-state index in [1.165, 1.54) is 6.42 Å². The van der Waals surface area contributed by atoms with Gasteiger partial charge in [0.2, 0.25) is 0 Å². The molecule has 152 valence electrons. The zero-order chi connectivity index (χ0) is 20.0. The van der Waals surface area contributed by atoms with Crippen LogP contribution in [0.4, 0.5) is 0 Å². The molecule has 0 atom stereocenters. The van der Waals surface area contributed by atoms with Gasteiger partial charge in [-0.1, -0.05) is 54.6 Å². The molecule has 0 unspecified atom stereocenters. The predicted octanol–water partition coefficient (Wildman–Crippen LogP) is 5.13. The van der Waals surface area contributed by atoms with E-state index in [2.05, 4.69) is 24.3 Å². The number of pyridine rings is 1. The molecule has 2 aromatic heterocycles. The van der Waals surface area contributed by atoms with Crippen molar-refractivity contribution in [1.29, 1.82) is 0 Å². The maximum atomic E-state index is 11.5. The number of carboxylic acid groups (broad SMARTS) is 1. The molecule has 0 spiro atoms. The van der Waals surface area contributed by atoms with Gasteiger partial charge >= 0.3 is 5.97 Å². The molecule has 0 radical (unpaired) electrons. The van der Waals surface area contributed by atoms with Gasteiger partial charge in [0, 0.05) is 22.9 Å². The molecule has 0 aliphatic heterocycles. The third kappa shape index (κ3) is 3.26. The lowest BCUT2D eigenvalue weighted by molar-refractivity contribution is 0.0696. The van der Waals surface area contributed by atoms with Crippen LogP contribution in [-0.2, 0) is 5.54 Å². The Balaban J connectivity index is 0.00000218. The minimum absolute atomic E-state index is 0. The van der Waals surface area contributed by atoms with Crippen LogP contribution in [0.5, 0.6) is 0 Å². The lowest BCUT2D eigenvalue weighted by atomic mass is 9.72. The number of rotatable bonds is 4. The highest BCUT2D eigenvalue weighted by Gasteiger charge is 2.34. The van der Waals surface area contributed by atoms with Crippen LogP contribution in [0, 0.1) is 0 Å². The Morgan fingerprint density at radius 1 is 0.967 bits per heavy atom. The molecule has 1 aliphatic rings. The van der Waals surface area contributed by atoms with E-state index in [1.54, 1.807) is 18.3 Å². The second-order valence-electron chi connectivity index (χ2n) is 7.71. The zero-order valence-electron chi connectivity index (χ0n) is 16.3. The highest BCUT2D eigenvalue weighted by molar-refractivity contribution is 5.89. The average molecular weight is 420 g/mol. The molecule has 2 heterocycles. The lowest BCUT2D eigenvalue weighted by Gasteiger charge is -2.38. The molecule has 1 saturated carbocycles. The highest BCUT2D eigenvalue weighted by Crippen LogP contribution is 2.40. The Morgan fingerprint density at radius 2 is 1.67 bits per heavy atom. The number of carboxylic acids is 1. The summed E-state index contributed by atoms with van der Waals surface area (Å²) in [6.07, 6.45) is 4.85. The number of carbonyl (C=O) groups is 1. The molecule has 3 N–H and O–H groups in total. The van der Waals surface area contributed by atoms with Gasteiger partial charge in [0.25, 0.3) is 0 Å². The Bertz CT molecular complexity index is 1210. The van der Waals surface area contributed by atoms with Gasteiger partial charge in [-0.2, -0.15) is 0 Å². The van der Waals surface area contributed by atoms with Crippen LogP contribution in [0.3, 0.4) is 0 Å². The largest absolute Gasteiger partial charge is 0.478 e. The zero-order valence-corrected chi connectivity index (χ0v) is 17.1. The first-order valence-electron chi connectivity index (χ1n) is 9.76. The van der Waals surface area contributed by atoms with Gasteiger partial charge in [0.05, 0.1) is 17.0 Å². The van der Waals surface area contributed by atoms with Crippen LogP contribution in [0.25, 0.3) is 28.2 Å². The van der Waals surface area contributed by atoms with Crippen LogP contribution in [0.15, 0.2) is 72.9 Å². The van der Waals surface area contributed by atoms with Crippen LogP contribution in [0.1, 0.15) is 35.2 Å². The normalized spacial score (nSPS) is 14.7. The number of fused-ring (bicyclic) bond motifs is 1. The number of aromatic carboxylic acids is 1. The number of imidazole rings is 1. The number of nitrogens with zero attached hydrogens (tertiary/aromatic N) is 2. The Kier molecular flexibility index (Phi) is 5.10. The van der Waals surface area contributed by atoms with Crippen molar-refractivity contribution >= 4 is 24.0 Å². The van der Waals surface area contributed by atoms with Gasteiger partial charge in [-0.25, -0.2) is 9.78 Å². The topological polar surface area (TPSA) is 80.6 Å². The van der Waals surface area contributed by atoms with Gasteiger partial charge in [-0.15, -0.1) is 12.4 Å². The first-order chi connectivity index (χ1) is 14.0. The first-order valence-corrected chi connectivity index (χ1v) is 9.76. The summed E-state index contributed by atoms with van der Waals surface area (Å²) in [5, 5.41) is 9.42. The third-order valence-corrected chi connectivity index (χ3v) is 5.89. The molecule has 5 nitrogen and oxygen atoms in total. The fourth-order valence-electron chi connectivity index (χ4n) is 4.05. The molecule has 6 heteroatoms. The van der Waals surface area contributed by atoms with E-state index in [1.807, 2.05) is 34.7 Å². The number of hydrogen-bond acceptors (Lipinski definition) is 3. The maximum Gasteiger partial charge on any atom is 0.337 e. The van der Waals surface area contributed by atoms with E-state index in [4.69, 9.17) is 10.7 Å². The summed E-state index contributed by atoms with van der Waals surface area (Å²) in [6, 6.07) is 21.6. The summed E-state index contributed by atoms with van der Waals surface area (Å²) < 4.78 is 1.86. The van der Waals surface area contributed by atoms with Crippen LogP contribution >= 0.6 is 12.4 Å². The van der Waals surface area contributed by atoms with Crippen molar-refractivity contribution in [3.05, 3.63) is 84.1 Å². The number of hydrogen-bond donors (Lipinski definition) is 2. The van der Waals surface area contributed by atoms with Crippen LogP contribution in [-0.4, -0.2) is 20.5 Å². The smallest absolute Gasteiger partial charge is 0.337 e. The average Bonchev–Trinajstić information content (AvgIpc) is 3.11. The molecular weight excluding hydrogens is 398 g/mol. The fraction of sp³-hybridized carbons (Fsp3) is 0.167. The summed E-state index contributed by atoms with van der Waals surface area (Å²) in [6.45, 7) is 0. The molecule has 0 bridgehead atoms. The van der Waals surface area contributed by atoms with E-state index >= 15 is 0 Å². The molecule has 1 fully saturated rings. The van der Waals surface area contributed by atoms with E-state index in [0.717, 1.165) is 40.9 Å². The molecule has 0 amide bonds. The van der Waals surface area contributed by atoms with Crippen LogP contribution in [0.2, 0.25) is 0 Å². The molecule has 1 aliphatic carbocycles. The highest BCUT2D eigenvalue weighted by atomic mass is 35.5. The van der Waals surface area contributed by atoms with Gasteiger partial charge in [0.15, 0.2) is 0 Å². The van der Waals surface area contributed by atoms with E-state index < -0.39 is 5.97 Å². The summed E-state index contributed by atoms with van der Waals surface area (Å²) in [5.74, 6) is -0.959. The Morgan fingerprint density at radius 3 is 2.27 bits per heavy atom. The maximum absolute atomic E-state index is 11.5. The molecular formula is C24H22ClN3O2. The summed E-state index contributed by atoms with van der Waals surface area (Å²) >= 11 is 0. The number of benzene rings is 2. The molecule has 0 saturated heterocycles. The molecule has 5 rings (SSSR count). The van der Waals surface area contributed by atoms with Gasteiger partial charge < -0.3 is 10.8 Å². The molecule has 30 heavy (non-hydrogen) atoms. The number of nitrogens with two attached hydrogens (primary N) is 1. The first kappa shape index (κ1) is 20.1. The summed E-state index contributed by atoms with van der Waals surface area (Å²) in [4.78, 5) is 16.3.